The van der Waals surface area contributed by atoms with E-state index in [2.05, 4.69) is 0 Å². The Morgan fingerprint density at radius 1 is 1.06 bits per heavy atom. The number of aromatic hydroxyl groups is 1. The van der Waals surface area contributed by atoms with E-state index in [0.717, 1.165) is 6.07 Å². The Hall–Kier alpha value is -2.50. The highest BCUT2D eigenvalue weighted by molar-refractivity contribution is 5.97. The predicted octanol–water partition coefficient (Wildman–Crippen LogP) is 1.05. The van der Waals surface area contributed by atoms with E-state index >= 15 is 0 Å². The van der Waals surface area contributed by atoms with Crippen LogP contribution in [0.3, 0.4) is 0 Å². The maximum atomic E-state index is 12.8. The van der Waals surface area contributed by atoms with Gasteiger partial charge >= 0.3 is 5.97 Å². The van der Waals surface area contributed by atoms with Crippen LogP contribution in [0.1, 0.15) is 61.4 Å². The normalized spacial score (nSPS) is 32.3. The van der Waals surface area contributed by atoms with Crippen molar-refractivity contribution in [3.8, 4) is 11.5 Å². The van der Waals surface area contributed by atoms with Crippen molar-refractivity contribution in [1.29, 1.82) is 0 Å². The highest BCUT2D eigenvalue weighted by atomic mass is 16.7. The number of fused-ring (bicyclic) bond motifs is 1. The molecule has 2 aliphatic heterocycles. The number of esters is 1. The monoisotopic (exact) mass is 480 g/mol. The maximum absolute atomic E-state index is 12.8. The van der Waals surface area contributed by atoms with Gasteiger partial charge in [0.15, 0.2) is 0 Å². The highest BCUT2D eigenvalue weighted by Gasteiger charge is 2.44. The van der Waals surface area contributed by atoms with E-state index in [1.807, 2.05) is 0 Å². The fourth-order valence-electron chi connectivity index (χ4n) is 3.98. The number of phenols is 1. The lowest BCUT2D eigenvalue weighted by molar-refractivity contribution is -0.277. The molecule has 0 amide bonds. The van der Waals surface area contributed by atoms with Gasteiger partial charge in [0.1, 0.15) is 47.3 Å². The minimum Gasteiger partial charge on any atom is -0.507 e. The van der Waals surface area contributed by atoms with Crippen LogP contribution >= 0.6 is 0 Å². The number of ketones is 1. The Morgan fingerprint density at radius 3 is 2.53 bits per heavy atom. The van der Waals surface area contributed by atoms with Crippen molar-refractivity contribution in [2.75, 3.05) is 6.61 Å². The molecule has 2 aliphatic rings. The van der Waals surface area contributed by atoms with Gasteiger partial charge in [-0.15, -0.1) is 0 Å². The quantitative estimate of drug-likeness (QED) is 0.395. The molecule has 10 nitrogen and oxygen atoms in total. The molecule has 1 aromatic carbocycles. The lowest BCUT2D eigenvalue weighted by Crippen LogP contribution is -2.60. The van der Waals surface area contributed by atoms with Gasteiger partial charge in [0, 0.05) is 18.9 Å². The molecule has 0 saturated carbocycles. The van der Waals surface area contributed by atoms with Crippen molar-refractivity contribution in [2.24, 2.45) is 0 Å². The van der Waals surface area contributed by atoms with Gasteiger partial charge in [0.2, 0.25) is 6.29 Å². The third-order valence-corrected chi connectivity index (χ3v) is 5.92. The average Bonchev–Trinajstić information content (AvgIpc) is 2.78. The Bertz CT molecular complexity index is 896. The molecule has 3 rings (SSSR count). The molecule has 0 spiro atoms. The molecule has 10 heteroatoms. The van der Waals surface area contributed by atoms with Crippen molar-refractivity contribution in [1.82, 2.24) is 0 Å². The minimum atomic E-state index is -1.63. The fourth-order valence-corrected chi connectivity index (χ4v) is 3.98. The van der Waals surface area contributed by atoms with Crippen molar-refractivity contribution >= 4 is 17.8 Å². The number of carbonyl (C=O) groups is 2. The van der Waals surface area contributed by atoms with E-state index in [4.69, 9.17) is 14.2 Å². The van der Waals surface area contributed by atoms with Crippen LogP contribution in [0, 0.1) is 0 Å². The molecule has 1 aromatic rings. The summed E-state index contributed by atoms with van der Waals surface area (Å²) < 4.78 is 16.4. The van der Waals surface area contributed by atoms with Gasteiger partial charge in [-0.05, 0) is 44.2 Å². The van der Waals surface area contributed by atoms with Crippen molar-refractivity contribution in [3.63, 3.8) is 0 Å². The first kappa shape index (κ1) is 26.1. The molecule has 0 aromatic heterocycles. The third kappa shape index (κ3) is 6.34. The molecule has 34 heavy (non-hydrogen) atoms. The van der Waals surface area contributed by atoms with Crippen LogP contribution in [0.2, 0.25) is 0 Å². The third-order valence-electron chi connectivity index (χ3n) is 5.92. The van der Waals surface area contributed by atoms with Crippen LogP contribution in [0.5, 0.6) is 11.5 Å². The molecule has 5 N–H and O–H groups in total. The number of benzene rings is 1. The zero-order valence-corrected chi connectivity index (χ0v) is 19.0. The molecule has 1 saturated heterocycles. The molecule has 188 valence electrons. The molecule has 1 fully saturated rings. The number of rotatable bonds is 3. The summed E-state index contributed by atoms with van der Waals surface area (Å²) in [6.07, 6.45) is -1.24. The average molecular weight is 481 g/mol. The van der Waals surface area contributed by atoms with E-state index < -0.39 is 55.1 Å². The lowest BCUT2D eigenvalue weighted by Gasteiger charge is -2.39. The number of Topliss-reactive ketones (excluding diaryl/α,β-unsaturated/α-hetero) is 1. The summed E-state index contributed by atoms with van der Waals surface area (Å²) in [6, 6.07) is 2.60. The fraction of sp³-hybridized carbons (Fsp3) is 0.583. The first-order valence-corrected chi connectivity index (χ1v) is 11.4. The number of cyclic esters (lactones) is 1. The number of hydrogen-bond acceptors (Lipinski definition) is 10. The summed E-state index contributed by atoms with van der Waals surface area (Å²) in [5.41, 5.74) is 0.234. The smallest absolute Gasteiger partial charge is 0.342 e. The standard InChI is InChI=1S/C24H32O10/c1-13-6-5-9-15(26)8-4-2-3-7-14-10-16(11-17(27)19(14)23(31)32-13)33-24-22(30)21(29)20(28)18(12-25)34-24/h3,7,10-11,13,18,20-22,24-25,27-30H,2,4-6,8-9,12H2,1H3/b7-3+/t13-,18+,20+,21-,22+,24+/m0/s1. The molecule has 0 radical (unpaired) electrons. The first-order valence-electron chi connectivity index (χ1n) is 11.4. The molecule has 6 atom stereocenters. The number of hydrogen-bond donors (Lipinski definition) is 5. The zero-order chi connectivity index (χ0) is 24.8. The molecular formula is C24H32O10. The van der Waals surface area contributed by atoms with Gasteiger partial charge in [-0.3, -0.25) is 4.79 Å². The van der Waals surface area contributed by atoms with Gasteiger partial charge in [0.05, 0.1) is 12.7 Å². The second-order valence-electron chi connectivity index (χ2n) is 8.66. The largest absolute Gasteiger partial charge is 0.507 e. The summed E-state index contributed by atoms with van der Waals surface area (Å²) in [5.74, 6) is -0.965. The summed E-state index contributed by atoms with van der Waals surface area (Å²) in [7, 11) is 0. The Morgan fingerprint density at radius 2 is 1.79 bits per heavy atom. The number of allylic oxidation sites excluding steroid dienone is 1. The van der Waals surface area contributed by atoms with E-state index in [1.54, 1.807) is 19.1 Å². The maximum Gasteiger partial charge on any atom is 0.342 e. The number of ether oxygens (including phenoxy) is 3. The SMILES string of the molecule is C[C@H]1CCCC(=O)CCC/C=C/c2cc(O[C@@H]3O[C@H](CO)[C@@H](O)[C@H](O)[C@H]3O)cc(O)c2C(=O)O1. The highest BCUT2D eigenvalue weighted by Crippen LogP contribution is 2.33. The number of phenolic OH excluding ortho intramolecular Hbond substituents is 1. The van der Waals surface area contributed by atoms with Gasteiger partial charge in [0.25, 0.3) is 0 Å². The second-order valence-corrected chi connectivity index (χ2v) is 8.66. The van der Waals surface area contributed by atoms with E-state index in [9.17, 15) is 35.1 Å². The van der Waals surface area contributed by atoms with Crippen LogP contribution in [0.15, 0.2) is 18.2 Å². The first-order chi connectivity index (χ1) is 16.2. The minimum absolute atomic E-state index is 0.0161. The summed E-state index contributed by atoms with van der Waals surface area (Å²) >= 11 is 0. The Labute approximate surface area is 197 Å². The molecule has 0 bridgehead atoms. The van der Waals surface area contributed by atoms with Crippen molar-refractivity contribution in [3.05, 3.63) is 29.3 Å². The second kappa shape index (κ2) is 11.8. The van der Waals surface area contributed by atoms with E-state index in [0.29, 0.717) is 44.1 Å². The van der Waals surface area contributed by atoms with Crippen LogP contribution in [0.25, 0.3) is 6.08 Å². The molecule has 0 unspecified atom stereocenters. The van der Waals surface area contributed by atoms with Gasteiger partial charge < -0.3 is 39.7 Å². The number of aliphatic hydroxyl groups excluding tert-OH is 4. The van der Waals surface area contributed by atoms with Crippen molar-refractivity contribution in [2.45, 2.75) is 82.3 Å². The summed E-state index contributed by atoms with van der Waals surface area (Å²) in [4.78, 5) is 24.8. The van der Waals surface area contributed by atoms with Crippen LogP contribution in [-0.4, -0.2) is 80.7 Å². The van der Waals surface area contributed by atoms with Crippen LogP contribution in [0.4, 0.5) is 0 Å². The van der Waals surface area contributed by atoms with Gasteiger partial charge in [-0.25, -0.2) is 4.79 Å². The summed E-state index contributed by atoms with van der Waals surface area (Å²) in [6.45, 7) is 1.10. The summed E-state index contributed by atoms with van der Waals surface area (Å²) in [5, 5.41) is 50.1. The topological polar surface area (TPSA) is 163 Å². The molecule has 0 aliphatic carbocycles. The van der Waals surface area contributed by atoms with Crippen molar-refractivity contribution < 1.29 is 49.3 Å². The van der Waals surface area contributed by atoms with Gasteiger partial charge in [-0.1, -0.05) is 12.2 Å². The van der Waals surface area contributed by atoms with Crippen LogP contribution < -0.4 is 4.74 Å². The Kier molecular flexibility index (Phi) is 9.03. The van der Waals surface area contributed by atoms with Gasteiger partial charge in [-0.2, -0.15) is 0 Å². The van der Waals surface area contributed by atoms with Crippen LogP contribution in [-0.2, 0) is 14.3 Å². The molecular weight excluding hydrogens is 448 g/mol. The lowest BCUT2D eigenvalue weighted by atomic mass is 9.99. The predicted molar refractivity (Wildman–Crippen MR) is 119 cm³/mol. The zero-order valence-electron chi connectivity index (χ0n) is 19.0. The Balaban J connectivity index is 1.88. The number of aliphatic hydroxyl groups is 4. The molecule has 2 heterocycles. The van der Waals surface area contributed by atoms with E-state index in [-0.39, 0.29) is 17.1 Å². The van der Waals surface area contributed by atoms with E-state index in [1.165, 1.54) is 6.07 Å². The number of carbonyl (C=O) groups excluding carboxylic acids is 2.